The molecule has 2 saturated heterocycles. The molecule has 4 rings (SSSR count). The number of esters is 1. The molecule has 9 heteroatoms. The molecule has 2 aliphatic rings. The molecule has 0 saturated carbocycles. The van der Waals surface area contributed by atoms with E-state index in [1.165, 1.54) is 10.5 Å². The zero-order valence-electron chi connectivity index (χ0n) is 16.7. The fraction of sp³-hybridized carbons (Fsp3) is 0.429. The van der Waals surface area contributed by atoms with E-state index >= 15 is 0 Å². The second-order valence-corrected chi connectivity index (χ2v) is 7.07. The summed E-state index contributed by atoms with van der Waals surface area (Å²) in [6.07, 6.45) is 4.15. The molecule has 9 nitrogen and oxygen atoms in total. The third kappa shape index (κ3) is 3.67. The molecule has 2 aliphatic heterocycles. The van der Waals surface area contributed by atoms with Gasteiger partial charge in [0.05, 0.1) is 25.4 Å². The summed E-state index contributed by atoms with van der Waals surface area (Å²) in [6, 6.07) is 7.09. The number of fused-ring (bicyclic) bond motifs is 1. The van der Waals surface area contributed by atoms with Crippen LogP contribution in [0.15, 0.2) is 34.8 Å². The third-order valence-corrected chi connectivity index (χ3v) is 5.29. The molecule has 156 valence electrons. The van der Waals surface area contributed by atoms with Gasteiger partial charge in [0.1, 0.15) is 23.1 Å². The van der Waals surface area contributed by atoms with Crippen LogP contribution in [0.4, 0.5) is 5.82 Å². The molecule has 1 spiro atoms. The van der Waals surface area contributed by atoms with Crippen molar-refractivity contribution in [2.24, 2.45) is 0 Å². The van der Waals surface area contributed by atoms with Crippen LogP contribution in [0.5, 0.6) is 0 Å². The number of pyridine rings is 1. The Morgan fingerprint density at radius 1 is 1.33 bits per heavy atom. The zero-order chi connectivity index (χ0) is 21.1. The lowest BCUT2D eigenvalue weighted by atomic mass is 10.0. The van der Waals surface area contributed by atoms with Gasteiger partial charge in [-0.15, -0.1) is 0 Å². The second-order valence-electron chi connectivity index (χ2n) is 7.07. The number of carbonyl (C=O) groups is 1. The molecular formula is C21H22N4O5. The van der Waals surface area contributed by atoms with Crippen molar-refractivity contribution >= 4 is 23.5 Å². The van der Waals surface area contributed by atoms with Crippen LogP contribution in [0.1, 0.15) is 25.3 Å². The minimum Gasteiger partial charge on any atom is -0.462 e. The van der Waals surface area contributed by atoms with Crippen molar-refractivity contribution in [2.75, 3.05) is 37.8 Å². The van der Waals surface area contributed by atoms with E-state index < -0.39 is 11.8 Å². The number of carbonyl (C=O) groups excluding carboxylic acids is 1. The van der Waals surface area contributed by atoms with Gasteiger partial charge >= 0.3 is 5.97 Å². The summed E-state index contributed by atoms with van der Waals surface area (Å²) in [7, 11) is 0. The number of hydrogen-bond donors (Lipinski definition) is 0. The average Bonchev–Trinajstić information content (AvgIpc) is 3.22. The fourth-order valence-corrected chi connectivity index (χ4v) is 3.79. The van der Waals surface area contributed by atoms with Crippen molar-refractivity contribution in [3.63, 3.8) is 0 Å². The summed E-state index contributed by atoms with van der Waals surface area (Å²) < 4.78 is 17.9. The lowest BCUT2D eigenvalue weighted by Crippen LogP contribution is -2.46. The topological polar surface area (TPSA) is 106 Å². The van der Waals surface area contributed by atoms with Gasteiger partial charge in [0.2, 0.25) is 0 Å². The predicted octanol–water partition coefficient (Wildman–Crippen LogP) is 1.51. The summed E-state index contributed by atoms with van der Waals surface area (Å²) >= 11 is 0. The minimum absolute atomic E-state index is 0.133. The minimum atomic E-state index is -0.770. The molecule has 0 unspecified atom stereocenters. The number of ether oxygens (including phenoxy) is 3. The van der Waals surface area contributed by atoms with Crippen LogP contribution in [0.2, 0.25) is 0 Å². The van der Waals surface area contributed by atoms with Crippen LogP contribution in [0, 0.1) is 11.3 Å². The number of aromatic nitrogens is 2. The Morgan fingerprint density at radius 2 is 2.07 bits per heavy atom. The summed E-state index contributed by atoms with van der Waals surface area (Å²) in [5.41, 5.74) is 0.0515. The van der Waals surface area contributed by atoms with E-state index in [0.717, 1.165) is 0 Å². The van der Waals surface area contributed by atoms with Gasteiger partial charge in [0, 0.05) is 32.1 Å². The van der Waals surface area contributed by atoms with E-state index in [4.69, 9.17) is 14.2 Å². The lowest BCUT2D eigenvalue weighted by molar-refractivity contribution is -0.169. The highest BCUT2D eigenvalue weighted by atomic mass is 16.7. The van der Waals surface area contributed by atoms with Gasteiger partial charge in [-0.1, -0.05) is 6.07 Å². The van der Waals surface area contributed by atoms with Crippen LogP contribution >= 0.6 is 0 Å². The third-order valence-electron chi connectivity index (χ3n) is 5.29. The Hall–Kier alpha value is -3.22. The first-order chi connectivity index (χ1) is 14.6. The van der Waals surface area contributed by atoms with Crippen molar-refractivity contribution in [1.29, 1.82) is 5.26 Å². The maximum Gasteiger partial charge on any atom is 0.348 e. The lowest BCUT2D eigenvalue weighted by Gasteiger charge is -2.38. The highest BCUT2D eigenvalue weighted by Crippen LogP contribution is 2.33. The maximum atomic E-state index is 13.2. The van der Waals surface area contributed by atoms with Crippen molar-refractivity contribution in [3.8, 4) is 6.07 Å². The van der Waals surface area contributed by atoms with Crippen molar-refractivity contribution in [1.82, 2.24) is 9.38 Å². The highest BCUT2D eigenvalue weighted by molar-refractivity contribution is 5.98. The molecule has 0 atom stereocenters. The molecule has 0 amide bonds. The van der Waals surface area contributed by atoms with Gasteiger partial charge in [0.15, 0.2) is 5.79 Å². The van der Waals surface area contributed by atoms with Gasteiger partial charge in [-0.3, -0.25) is 9.20 Å². The number of rotatable bonds is 4. The Balaban J connectivity index is 1.78. The average molecular weight is 410 g/mol. The summed E-state index contributed by atoms with van der Waals surface area (Å²) in [5, 5.41) is 9.43. The standard InChI is InChI=1S/C21H22N4O5/c1-2-28-20(27)15(14-22)13-16-18(23-17-5-3-4-8-25(17)19(16)26)24-9-6-21(7-10-24)29-11-12-30-21/h3-5,8,13H,2,6-7,9-12H2,1H3/b15-13-. The van der Waals surface area contributed by atoms with E-state index in [0.29, 0.717) is 50.6 Å². The van der Waals surface area contributed by atoms with E-state index in [-0.39, 0.29) is 23.3 Å². The van der Waals surface area contributed by atoms with Gasteiger partial charge in [-0.05, 0) is 25.1 Å². The normalized spacial score (nSPS) is 18.5. The summed E-state index contributed by atoms with van der Waals surface area (Å²) in [4.78, 5) is 32.0. The predicted molar refractivity (Wildman–Crippen MR) is 108 cm³/mol. The van der Waals surface area contributed by atoms with E-state index in [1.54, 1.807) is 31.3 Å². The summed E-state index contributed by atoms with van der Waals surface area (Å²) in [5.74, 6) is -0.911. The molecule has 30 heavy (non-hydrogen) atoms. The molecule has 0 radical (unpaired) electrons. The largest absolute Gasteiger partial charge is 0.462 e. The smallest absolute Gasteiger partial charge is 0.348 e. The number of nitrogens with zero attached hydrogens (tertiary/aromatic N) is 4. The summed E-state index contributed by atoms with van der Waals surface area (Å²) in [6.45, 7) is 4.08. The fourth-order valence-electron chi connectivity index (χ4n) is 3.79. The van der Waals surface area contributed by atoms with Crippen molar-refractivity contribution < 1.29 is 19.0 Å². The van der Waals surface area contributed by atoms with E-state index in [9.17, 15) is 14.9 Å². The Labute approximate surface area is 173 Å². The van der Waals surface area contributed by atoms with Gasteiger partial charge < -0.3 is 19.1 Å². The van der Waals surface area contributed by atoms with Crippen LogP contribution in [0.3, 0.4) is 0 Å². The molecular weight excluding hydrogens is 388 g/mol. The SMILES string of the molecule is CCOC(=O)/C(C#N)=C\c1c(N2CCC3(CC2)OCCO3)nc2ccccn2c1=O. The Bertz CT molecular complexity index is 1080. The molecule has 2 aromatic rings. The van der Waals surface area contributed by atoms with E-state index in [1.807, 2.05) is 11.0 Å². The molecule has 0 N–H and O–H groups in total. The number of anilines is 1. The van der Waals surface area contributed by atoms with E-state index in [2.05, 4.69) is 4.98 Å². The first kappa shape index (κ1) is 20.1. The van der Waals surface area contributed by atoms with Gasteiger partial charge in [0.25, 0.3) is 5.56 Å². The van der Waals surface area contributed by atoms with Crippen LogP contribution in [0.25, 0.3) is 11.7 Å². The first-order valence-electron chi connectivity index (χ1n) is 9.90. The Kier molecular flexibility index (Phi) is 5.53. The quantitative estimate of drug-likeness (QED) is 0.424. The van der Waals surface area contributed by atoms with Gasteiger partial charge in [-0.2, -0.15) is 5.26 Å². The number of hydrogen-bond acceptors (Lipinski definition) is 8. The number of nitriles is 1. The number of piperidine rings is 1. The second kappa shape index (κ2) is 8.26. The van der Waals surface area contributed by atoms with Crippen molar-refractivity contribution in [3.05, 3.63) is 45.9 Å². The monoisotopic (exact) mass is 410 g/mol. The van der Waals surface area contributed by atoms with Crippen LogP contribution < -0.4 is 10.5 Å². The van der Waals surface area contributed by atoms with Crippen molar-refractivity contribution in [2.45, 2.75) is 25.6 Å². The molecule has 2 fully saturated rings. The van der Waals surface area contributed by atoms with Gasteiger partial charge in [-0.25, -0.2) is 9.78 Å². The molecule has 4 heterocycles. The zero-order valence-corrected chi connectivity index (χ0v) is 16.7. The van der Waals surface area contributed by atoms with Crippen LogP contribution in [-0.4, -0.2) is 54.1 Å². The first-order valence-corrected chi connectivity index (χ1v) is 9.90. The Morgan fingerprint density at radius 3 is 2.73 bits per heavy atom. The molecule has 2 aromatic heterocycles. The molecule has 0 aliphatic carbocycles. The highest BCUT2D eigenvalue weighted by Gasteiger charge is 2.40. The molecule has 0 aromatic carbocycles. The maximum absolute atomic E-state index is 13.2. The molecule has 0 bridgehead atoms. The van der Waals surface area contributed by atoms with Crippen LogP contribution in [-0.2, 0) is 19.0 Å².